The molecule has 136 valence electrons. The normalized spacial score (nSPS) is 18.0. The Balaban J connectivity index is 1.89. The second-order valence-electron chi connectivity index (χ2n) is 6.65. The summed E-state index contributed by atoms with van der Waals surface area (Å²) >= 11 is 0. The standard InChI is InChI=1S/C21H25N3O2/c1-15(22-2)20(25)23-18-13-12-17-10-6-7-11-19(17)24(21(18)26)14-16-8-4-3-5-9-16/h3-11,15,18,22H,12-14H2,1-2H3,(H,23,25)/t15?,18-/m0/s1. The topological polar surface area (TPSA) is 61.4 Å². The minimum Gasteiger partial charge on any atom is -0.343 e. The summed E-state index contributed by atoms with van der Waals surface area (Å²) in [5.41, 5.74) is 3.13. The van der Waals surface area contributed by atoms with Crippen molar-refractivity contribution in [1.29, 1.82) is 0 Å². The highest BCUT2D eigenvalue weighted by Crippen LogP contribution is 2.28. The zero-order valence-corrected chi connectivity index (χ0v) is 15.2. The second kappa shape index (κ2) is 8.15. The molecular weight excluding hydrogens is 326 g/mol. The fraction of sp³-hybridized carbons (Fsp3) is 0.333. The minimum atomic E-state index is -0.519. The number of rotatable bonds is 5. The van der Waals surface area contributed by atoms with Crippen LogP contribution in [0.5, 0.6) is 0 Å². The van der Waals surface area contributed by atoms with Gasteiger partial charge in [0.1, 0.15) is 6.04 Å². The van der Waals surface area contributed by atoms with Crippen LogP contribution in [0, 0.1) is 0 Å². The summed E-state index contributed by atoms with van der Waals surface area (Å²) in [4.78, 5) is 27.3. The number of hydrogen-bond donors (Lipinski definition) is 2. The second-order valence-corrected chi connectivity index (χ2v) is 6.65. The molecule has 1 heterocycles. The number of likely N-dealkylation sites (N-methyl/N-ethyl adjacent to an activating group) is 1. The number of carbonyl (C=O) groups excluding carboxylic acids is 2. The molecule has 0 spiro atoms. The lowest BCUT2D eigenvalue weighted by molar-refractivity contribution is -0.128. The quantitative estimate of drug-likeness (QED) is 0.869. The van der Waals surface area contributed by atoms with Crippen molar-refractivity contribution in [2.45, 2.75) is 38.4 Å². The van der Waals surface area contributed by atoms with E-state index in [0.29, 0.717) is 13.0 Å². The Bertz CT molecular complexity index is 776. The van der Waals surface area contributed by atoms with Gasteiger partial charge in [0.05, 0.1) is 12.6 Å². The maximum atomic E-state index is 13.2. The highest BCUT2D eigenvalue weighted by molar-refractivity contribution is 6.00. The van der Waals surface area contributed by atoms with E-state index >= 15 is 0 Å². The largest absolute Gasteiger partial charge is 0.343 e. The molecule has 2 aromatic carbocycles. The zero-order valence-electron chi connectivity index (χ0n) is 15.2. The third-order valence-corrected chi connectivity index (χ3v) is 4.88. The van der Waals surface area contributed by atoms with Crippen molar-refractivity contribution >= 4 is 17.5 Å². The van der Waals surface area contributed by atoms with Crippen molar-refractivity contribution in [3.63, 3.8) is 0 Å². The van der Waals surface area contributed by atoms with E-state index < -0.39 is 6.04 Å². The molecule has 1 aliphatic rings. The number of fused-ring (bicyclic) bond motifs is 1. The minimum absolute atomic E-state index is 0.0598. The molecule has 26 heavy (non-hydrogen) atoms. The first-order valence-electron chi connectivity index (χ1n) is 9.01. The van der Waals surface area contributed by atoms with Crippen LogP contribution in [0.2, 0.25) is 0 Å². The smallest absolute Gasteiger partial charge is 0.249 e. The van der Waals surface area contributed by atoms with Crippen LogP contribution in [0.1, 0.15) is 24.5 Å². The van der Waals surface area contributed by atoms with Crippen molar-refractivity contribution < 1.29 is 9.59 Å². The predicted molar refractivity (Wildman–Crippen MR) is 103 cm³/mol. The van der Waals surface area contributed by atoms with Crippen LogP contribution < -0.4 is 15.5 Å². The molecule has 0 aliphatic carbocycles. The summed E-state index contributed by atoms with van der Waals surface area (Å²) in [6, 6.07) is 17.0. The Kier molecular flexibility index (Phi) is 5.68. The van der Waals surface area contributed by atoms with Crippen LogP contribution in [-0.4, -0.2) is 30.9 Å². The van der Waals surface area contributed by atoms with Gasteiger partial charge in [-0.25, -0.2) is 0 Å². The predicted octanol–water partition coefficient (Wildman–Crippen LogP) is 2.26. The molecule has 0 fully saturated rings. The first-order chi connectivity index (χ1) is 12.6. The first kappa shape index (κ1) is 18.1. The van der Waals surface area contributed by atoms with Crippen LogP contribution in [0.3, 0.4) is 0 Å². The van der Waals surface area contributed by atoms with E-state index in [1.807, 2.05) is 48.5 Å². The number of hydrogen-bond acceptors (Lipinski definition) is 3. The molecule has 0 bridgehead atoms. The number of aryl methyl sites for hydroxylation is 1. The van der Waals surface area contributed by atoms with Gasteiger partial charge in [-0.3, -0.25) is 9.59 Å². The molecule has 0 saturated heterocycles. The Hall–Kier alpha value is -2.66. The highest BCUT2D eigenvalue weighted by Gasteiger charge is 2.31. The molecule has 5 nitrogen and oxygen atoms in total. The van der Waals surface area contributed by atoms with Gasteiger partial charge in [-0.05, 0) is 44.0 Å². The van der Waals surface area contributed by atoms with E-state index in [4.69, 9.17) is 0 Å². The lowest BCUT2D eigenvalue weighted by atomic mass is 10.1. The van der Waals surface area contributed by atoms with E-state index in [1.54, 1.807) is 18.9 Å². The van der Waals surface area contributed by atoms with E-state index in [0.717, 1.165) is 23.2 Å². The van der Waals surface area contributed by atoms with Crippen LogP contribution in [-0.2, 0) is 22.6 Å². The molecule has 3 rings (SSSR count). The van der Waals surface area contributed by atoms with Crippen LogP contribution in [0.15, 0.2) is 54.6 Å². The Morgan fingerprint density at radius 1 is 1.15 bits per heavy atom. The average Bonchev–Trinajstić information content (AvgIpc) is 2.80. The van der Waals surface area contributed by atoms with Crippen molar-refractivity contribution in [3.8, 4) is 0 Å². The number of para-hydroxylation sites is 1. The van der Waals surface area contributed by atoms with E-state index in [9.17, 15) is 9.59 Å². The van der Waals surface area contributed by atoms with Gasteiger partial charge in [-0.15, -0.1) is 0 Å². The molecule has 2 amide bonds. The molecule has 2 N–H and O–H groups in total. The third-order valence-electron chi connectivity index (χ3n) is 4.88. The molecule has 1 aliphatic heterocycles. The van der Waals surface area contributed by atoms with Crippen molar-refractivity contribution in [3.05, 3.63) is 65.7 Å². The number of amides is 2. The summed E-state index contributed by atoms with van der Waals surface area (Å²) in [5, 5.41) is 5.83. The lowest BCUT2D eigenvalue weighted by Crippen LogP contribution is -2.52. The van der Waals surface area contributed by atoms with Crippen LogP contribution in [0.25, 0.3) is 0 Å². The van der Waals surface area contributed by atoms with Crippen molar-refractivity contribution in [2.24, 2.45) is 0 Å². The van der Waals surface area contributed by atoms with Gasteiger partial charge in [0.2, 0.25) is 11.8 Å². The van der Waals surface area contributed by atoms with Gasteiger partial charge in [0.15, 0.2) is 0 Å². The summed E-state index contributed by atoms with van der Waals surface area (Å²) in [6.07, 6.45) is 1.36. The number of benzene rings is 2. The maximum absolute atomic E-state index is 13.2. The fourth-order valence-corrected chi connectivity index (χ4v) is 3.21. The zero-order chi connectivity index (χ0) is 18.5. The van der Waals surface area contributed by atoms with Gasteiger partial charge in [-0.1, -0.05) is 48.5 Å². The summed E-state index contributed by atoms with van der Waals surface area (Å²) in [5.74, 6) is -0.216. The molecule has 2 aromatic rings. The van der Waals surface area contributed by atoms with E-state index in [2.05, 4.69) is 16.7 Å². The molecule has 2 atom stereocenters. The summed E-state index contributed by atoms with van der Waals surface area (Å²) in [6.45, 7) is 2.28. The Labute approximate surface area is 154 Å². The number of nitrogens with zero attached hydrogens (tertiary/aromatic N) is 1. The molecule has 5 heteroatoms. The first-order valence-corrected chi connectivity index (χ1v) is 9.01. The molecule has 1 unspecified atom stereocenters. The molecule has 0 saturated carbocycles. The molecule has 0 radical (unpaired) electrons. The average molecular weight is 351 g/mol. The maximum Gasteiger partial charge on any atom is 0.249 e. The third kappa shape index (κ3) is 3.94. The fourth-order valence-electron chi connectivity index (χ4n) is 3.21. The van der Waals surface area contributed by atoms with Gasteiger partial charge < -0.3 is 15.5 Å². The summed E-state index contributed by atoms with van der Waals surface area (Å²) in [7, 11) is 1.73. The monoisotopic (exact) mass is 351 g/mol. The highest BCUT2D eigenvalue weighted by atomic mass is 16.2. The van der Waals surface area contributed by atoms with Gasteiger partial charge in [0, 0.05) is 5.69 Å². The number of nitrogens with one attached hydrogen (secondary N) is 2. The number of carbonyl (C=O) groups is 2. The summed E-state index contributed by atoms with van der Waals surface area (Å²) < 4.78 is 0. The van der Waals surface area contributed by atoms with Gasteiger partial charge in [0.25, 0.3) is 0 Å². The van der Waals surface area contributed by atoms with E-state index in [-0.39, 0.29) is 17.9 Å². The number of anilines is 1. The van der Waals surface area contributed by atoms with E-state index in [1.165, 1.54) is 0 Å². The Morgan fingerprint density at radius 3 is 2.58 bits per heavy atom. The van der Waals surface area contributed by atoms with Crippen LogP contribution in [0.4, 0.5) is 5.69 Å². The van der Waals surface area contributed by atoms with Crippen LogP contribution >= 0.6 is 0 Å². The van der Waals surface area contributed by atoms with Crippen molar-refractivity contribution in [2.75, 3.05) is 11.9 Å². The lowest BCUT2D eigenvalue weighted by Gasteiger charge is -2.27. The van der Waals surface area contributed by atoms with Gasteiger partial charge >= 0.3 is 0 Å². The molecule has 0 aromatic heterocycles. The SMILES string of the molecule is CNC(C)C(=O)N[C@H]1CCc2ccccc2N(Cc2ccccc2)C1=O. The molecular formula is C21H25N3O2. The van der Waals surface area contributed by atoms with Gasteiger partial charge in [-0.2, -0.15) is 0 Å². The van der Waals surface area contributed by atoms with Crippen molar-refractivity contribution in [1.82, 2.24) is 10.6 Å². The Morgan fingerprint density at radius 2 is 1.85 bits per heavy atom.